The second-order valence-electron chi connectivity index (χ2n) is 4.99. The van der Waals surface area contributed by atoms with E-state index in [0.29, 0.717) is 34.9 Å². The van der Waals surface area contributed by atoms with Crippen molar-refractivity contribution in [3.63, 3.8) is 0 Å². The van der Waals surface area contributed by atoms with Crippen molar-refractivity contribution in [2.45, 2.75) is 32.1 Å². The van der Waals surface area contributed by atoms with Gasteiger partial charge in [0.05, 0.1) is 7.11 Å². The fraction of sp³-hybridized carbons (Fsp3) is 0.571. The number of nitrogens with zero attached hydrogens (tertiary/aromatic N) is 1. The van der Waals surface area contributed by atoms with Crippen molar-refractivity contribution < 1.29 is 13.2 Å². The molecule has 2 N–H and O–H groups in total. The van der Waals surface area contributed by atoms with Crippen LogP contribution in [-0.4, -0.2) is 32.9 Å². The normalized spacial score (nSPS) is 13.4. The lowest BCUT2D eigenvalue weighted by Crippen LogP contribution is -2.34. The minimum Gasteiger partial charge on any atom is -0.495 e. The highest BCUT2D eigenvalue weighted by Crippen LogP contribution is 2.34. The molecule has 0 aliphatic carbocycles. The lowest BCUT2D eigenvalue weighted by atomic mass is 10.1. The number of anilines is 1. The van der Waals surface area contributed by atoms with Crippen molar-refractivity contribution in [3.05, 3.63) is 16.6 Å². The highest BCUT2D eigenvalue weighted by atomic mass is 79.9. The lowest BCUT2D eigenvalue weighted by molar-refractivity contribution is 0.356. The molecule has 5 nitrogen and oxygen atoms in total. The number of methoxy groups -OCH3 is 1. The van der Waals surface area contributed by atoms with E-state index in [4.69, 9.17) is 10.5 Å². The predicted octanol–water partition coefficient (Wildman–Crippen LogP) is 3.10. The zero-order valence-corrected chi connectivity index (χ0v) is 15.3. The molecular weight excluding hydrogens is 356 g/mol. The molecule has 0 saturated heterocycles. The Bertz CT molecular complexity index is 590. The van der Waals surface area contributed by atoms with E-state index in [0.717, 1.165) is 6.42 Å². The molecule has 1 aromatic carbocycles. The van der Waals surface area contributed by atoms with Gasteiger partial charge in [-0.05, 0) is 34.0 Å². The molecule has 120 valence electrons. The number of hydrogen-bond donors (Lipinski definition) is 1. The molecule has 0 aliphatic rings. The molecule has 1 unspecified atom stereocenters. The maximum atomic E-state index is 12.8. The van der Waals surface area contributed by atoms with Crippen LogP contribution in [0.15, 0.2) is 21.5 Å². The molecule has 21 heavy (non-hydrogen) atoms. The number of hydrogen-bond acceptors (Lipinski definition) is 4. The zero-order chi connectivity index (χ0) is 16.2. The first kappa shape index (κ1) is 18.3. The van der Waals surface area contributed by atoms with Crippen molar-refractivity contribution in [2.24, 2.45) is 5.92 Å². The van der Waals surface area contributed by atoms with Crippen LogP contribution >= 0.6 is 15.9 Å². The van der Waals surface area contributed by atoms with E-state index < -0.39 is 10.0 Å². The summed E-state index contributed by atoms with van der Waals surface area (Å²) in [6.07, 6.45) is 0.922. The van der Waals surface area contributed by atoms with E-state index in [1.165, 1.54) is 17.5 Å². The summed E-state index contributed by atoms with van der Waals surface area (Å²) in [6.45, 7) is 6.80. The van der Waals surface area contributed by atoms with Gasteiger partial charge >= 0.3 is 0 Å². The molecule has 1 rings (SSSR count). The fourth-order valence-electron chi connectivity index (χ4n) is 1.92. The van der Waals surface area contributed by atoms with Gasteiger partial charge in [0.2, 0.25) is 10.0 Å². The van der Waals surface area contributed by atoms with Crippen LogP contribution in [0.4, 0.5) is 5.69 Å². The van der Waals surface area contributed by atoms with Crippen LogP contribution < -0.4 is 10.5 Å². The smallest absolute Gasteiger partial charge is 0.246 e. The minimum atomic E-state index is -3.63. The Hall–Kier alpha value is -0.790. The summed E-state index contributed by atoms with van der Waals surface area (Å²) in [5.74, 6) is 0.581. The van der Waals surface area contributed by atoms with Gasteiger partial charge in [-0.1, -0.05) is 27.2 Å². The summed E-state index contributed by atoms with van der Waals surface area (Å²) in [4.78, 5) is 0.107. The van der Waals surface area contributed by atoms with Gasteiger partial charge in [-0.2, -0.15) is 4.31 Å². The van der Waals surface area contributed by atoms with E-state index in [9.17, 15) is 8.42 Å². The Morgan fingerprint density at radius 3 is 2.48 bits per heavy atom. The number of sulfonamides is 1. The van der Waals surface area contributed by atoms with Gasteiger partial charge in [0, 0.05) is 23.2 Å². The topological polar surface area (TPSA) is 72.6 Å². The number of nitrogens with two attached hydrogens (primary N) is 1. The van der Waals surface area contributed by atoms with E-state index in [1.54, 1.807) is 6.07 Å². The molecule has 0 bridgehead atoms. The summed E-state index contributed by atoms with van der Waals surface area (Å²) >= 11 is 3.28. The van der Waals surface area contributed by atoms with Crippen LogP contribution in [0.2, 0.25) is 0 Å². The minimum absolute atomic E-state index is 0.107. The number of nitrogen functional groups attached to an aromatic ring is 1. The molecule has 1 aromatic rings. The summed E-state index contributed by atoms with van der Waals surface area (Å²) in [6, 6.07) is 3.02. The van der Waals surface area contributed by atoms with Crippen LogP contribution in [0.25, 0.3) is 0 Å². The third-order valence-electron chi connectivity index (χ3n) is 3.47. The van der Waals surface area contributed by atoms with E-state index in [2.05, 4.69) is 15.9 Å². The summed E-state index contributed by atoms with van der Waals surface area (Å²) < 4.78 is 32.9. The number of halogens is 1. The average molecular weight is 379 g/mol. The van der Waals surface area contributed by atoms with Gasteiger partial charge in [-0.25, -0.2) is 8.42 Å². The largest absolute Gasteiger partial charge is 0.495 e. The molecule has 0 heterocycles. The summed E-state index contributed by atoms with van der Waals surface area (Å²) in [5.41, 5.74) is 6.19. The monoisotopic (exact) mass is 378 g/mol. The second kappa shape index (κ2) is 7.47. The molecule has 7 heteroatoms. The van der Waals surface area contributed by atoms with Crippen molar-refractivity contribution in [2.75, 3.05) is 25.9 Å². The number of ether oxygens (including phenoxy) is 1. The predicted molar refractivity (Wildman–Crippen MR) is 89.0 cm³/mol. The maximum absolute atomic E-state index is 12.8. The highest BCUT2D eigenvalue weighted by molar-refractivity contribution is 9.10. The standard InChI is InChI=1S/C14H23BrN2O3S/c1-5-10(3)9-17(6-2)21(18,19)14-8-12(16)11(15)7-13(14)20-4/h7-8,10H,5-6,9,16H2,1-4H3. The van der Waals surface area contributed by atoms with E-state index in [1.807, 2.05) is 20.8 Å². The van der Waals surface area contributed by atoms with Crippen LogP contribution in [0.5, 0.6) is 5.75 Å². The zero-order valence-electron chi connectivity index (χ0n) is 12.9. The van der Waals surface area contributed by atoms with E-state index in [-0.39, 0.29) is 4.90 Å². The van der Waals surface area contributed by atoms with Crippen molar-refractivity contribution in [3.8, 4) is 5.75 Å². The first-order chi connectivity index (χ1) is 9.77. The molecule has 0 fully saturated rings. The van der Waals surface area contributed by atoms with Gasteiger partial charge < -0.3 is 10.5 Å². The van der Waals surface area contributed by atoms with Gasteiger partial charge in [0.15, 0.2) is 0 Å². The molecule has 0 radical (unpaired) electrons. The van der Waals surface area contributed by atoms with E-state index >= 15 is 0 Å². The second-order valence-corrected chi connectivity index (χ2v) is 7.75. The first-order valence-corrected chi connectivity index (χ1v) is 9.14. The van der Waals surface area contributed by atoms with Crippen LogP contribution in [0, 0.1) is 5.92 Å². The molecular formula is C14H23BrN2O3S. The molecule has 0 aliphatic heterocycles. The molecule has 0 saturated carbocycles. The number of rotatable bonds is 7. The SMILES string of the molecule is CCC(C)CN(CC)S(=O)(=O)c1cc(N)c(Br)cc1OC. The van der Waals surface area contributed by atoms with Gasteiger partial charge in [-0.15, -0.1) is 0 Å². The Morgan fingerprint density at radius 1 is 1.38 bits per heavy atom. The average Bonchev–Trinajstić information content (AvgIpc) is 2.46. The van der Waals surface area contributed by atoms with Crippen LogP contribution in [-0.2, 0) is 10.0 Å². The Morgan fingerprint density at radius 2 is 2.00 bits per heavy atom. The van der Waals surface area contributed by atoms with Crippen molar-refractivity contribution in [1.82, 2.24) is 4.31 Å². The van der Waals surface area contributed by atoms with Crippen molar-refractivity contribution in [1.29, 1.82) is 0 Å². The molecule has 1 atom stereocenters. The Labute approximate surface area is 135 Å². The third-order valence-corrected chi connectivity index (χ3v) is 6.11. The quantitative estimate of drug-likeness (QED) is 0.739. The first-order valence-electron chi connectivity index (χ1n) is 6.91. The molecule has 0 spiro atoms. The van der Waals surface area contributed by atoms with Crippen LogP contribution in [0.3, 0.4) is 0 Å². The van der Waals surface area contributed by atoms with Gasteiger partial charge in [0.25, 0.3) is 0 Å². The maximum Gasteiger partial charge on any atom is 0.246 e. The summed E-state index contributed by atoms with van der Waals surface area (Å²) in [7, 11) is -2.18. The Kier molecular flexibility index (Phi) is 6.49. The molecule has 0 aromatic heterocycles. The molecule has 0 amide bonds. The van der Waals surface area contributed by atoms with Gasteiger partial charge in [0.1, 0.15) is 10.6 Å². The Balaban J connectivity index is 3.31. The highest BCUT2D eigenvalue weighted by Gasteiger charge is 2.28. The van der Waals surface area contributed by atoms with Crippen molar-refractivity contribution >= 4 is 31.6 Å². The lowest BCUT2D eigenvalue weighted by Gasteiger charge is -2.24. The van der Waals surface area contributed by atoms with Gasteiger partial charge in [-0.3, -0.25) is 0 Å². The number of benzene rings is 1. The fourth-order valence-corrected chi connectivity index (χ4v) is 3.99. The third kappa shape index (κ3) is 4.11. The van der Waals surface area contributed by atoms with Crippen LogP contribution in [0.1, 0.15) is 27.2 Å². The summed E-state index contributed by atoms with van der Waals surface area (Å²) in [5, 5.41) is 0.